The van der Waals surface area contributed by atoms with Crippen molar-refractivity contribution in [3.63, 3.8) is 0 Å². The van der Waals surface area contributed by atoms with Gasteiger partial charge in [-0.3, -0.25) is 0 Å². The van der Waals surface area contributed by atoms with Crippen molar-refractivity contribution in [3.8, 4) is 16.8 Å². The van der Waals surface area contributed by atoms with Crippen molar-refractivity contribution < 1.29 is 8.83 Å². The van der Waals surface area contributed by atoms with Gasteiger partial charge in [0.2, 0.25) is 0 Å². The molecule has 0 unspecified atom stereocenters. The first kappa shape index (κ1) is 32.9. The van der Waals surface area contributed by atoms with Crippen LogP contribution in [0.3, 0.4) is 0 Å². The van der Waals surface area contributed by atoms with Gasteiger partial charge in [0.05, 0.1) is 39.2 Å². The monoisotopic (exact) mass is 766 g/mol. The highest BCUT2D eigenvalue weighted by molar-refractivity contribution is 6.21. The van der Waals surface area contributed by atoms with Crippen molar-refractivity contribution >= 4 is 104 Å². The van der Waals surface area contributed by atoms with Crippen LogP contribution >= 0.6 is 0 Å². The minimum absolute atomic E-state index is 0.842. The number of fused-ring (bicyclic) bond motifs is 13. The second-order valence-electron chi connectivity index (χ2n) is 15.6. The van der Waals surface area contributed by atoms with E-state index in [1.807, 2.05) is 0 Å². The summed E-state index contributed by atoms with van der Waals surface area (Å²) in [5.41, 5.74) is 12.2. The summed E-state index contributed by atoms with van der Waals surface area (Å²) in [6.45, 7) is 0. The summed E-state index contributed by atoms with van der Waals surface area (Å²) in [5.74, 6) is 0. The van der Waals surface area contributed by atoms with Gasteiger partial charge in [0.25, 0.3) is 0 Å². The first-order chi connectivity index (χ1) is 29.8. The predicted octanol–water partition coefficient (Wildman–Crippen LogP) is 16.0. The minimum Gasteiger partial charge on any atom is -0.455 e. The molecule has 0 amide bonds. The Bertz CT molecular complexity index is 3810. The quantitative estimate of drug-likeness (QED) is 0.175. The van der Waals surface area contributed by atoms with E-state index in [4.69, 9.17) is 8.83 Å². The summed E-state index contributed by atoms with van der Waals surface area (Å²) in [6.07, 6.45) is 0. The van der Waals surface area contributed by atoms with E-state index in [1.165, 1.54) is 16.2 Å². The van der Waals surface area contributed by atoms with E-state index in [-0.39, 0.29) is 0 Å². The molecule has 0 saturated heterocycles. The lowest BCUT2D eigenvalue weighted by molar-refractivity contribution is 0.672. The van der Waals surface area contributed by atoms with Crippen LogP contribution in [0.2, 0.25) is 0 Å². The van der Waals surface area contributed by atoms with Crippen LogP contribution < -0.4 is 4.90 Å². The summed E-state index contributed by atoms with van der Waals surface area (Å²) < 4.78 is 15.8. The topological polar surface area (TPSA) is 34.5 Å². The normalized spacial score (nSPS) is 12.0. The van der Waals surface area contributed by atoms with E-state index < -0.39 is 0 Å². The molecular formula is C56H34N2O2. The Morgan fingerprint density at radius 2 is 0.917 bits per heavy atom. The van der Waals surface area contributed by atoms with Crippen molar-refractivity contribution in [3.05, 3.63) is 206 Å². The van der Waals surface area contributed by atoms with E-state index in [0.717, 1.165) is 105 Å². The van der Waals surface area contributed by atoms with E-state index in [1.54, 1.807) is 0 Å². The van der Waals surface area contributed by atoms with Crippen LogP contribution in [0.4, 0.5) is 17.1 Å². The number of benzene rings is 10. The number of rotatable bonds is 5. The van der Waals surface area contributed by atoms with Gasteiger partial charge in [0.15, 0.2) is 0 Å². The SMILES string of the molecule is c1ccc(N(c2ccccc2-n2c3ccccc3c3ccccc32)c2cccc3oc4c5ccccc5ccc4c23)c(-c2ccc3oc4c5ccccc5ccc4c3c2)c1. The number of nitrogens with zero attached hydrogens (tertiary/aromatic N) is 2. The van der Waals surface area contributed by atoms with Gasteiger partial charge in [-0.1, -0.05) is 140 Å². The Morgan fingerprint density at radius 1 is 0.350 bits per heavy atom. The number of furan rings is 2. The lowest BCUT2D eigenvalue weighted by atomic mass is 9.98. The largest absolute Gasteiger partial charge is 0.455 e. The van der Waals surface area contributed by atoms with E-state index in [0.29, 0.717) is 0 Å². The maximum Gasteiger partial charge on any atom is 0.143 e. The van der Waals surface area contributed by atoms with Crippen molar-refractivity contribution in [2.75, 3.05) is 4.90 Å². The number of hydrogen-bond acceptors (Lipinski definition) is 3. The zero-order chi connectivity index (χ0) is 39.3. The summed E-state index contributed by atoms with van der Waals surface area (Å²) in [4.78, 5) is 2.45. The van der Waals surface area contributed by atoms with Crippen LogP contribution in [-0.2, 0) is 0 Å². The maximum absolute atomic E-state index is 6.83. The summed E-state index contributed by atoms with van der Waals surface area (Å²) in [5, 5.41) is 11.3. The van der Waals surface area contributed by atoms with Gasteiger partial charge in [-0.2, -0.15) is 0 Å². The van der Waals surface area contributed by atoms with E-state index >= 15 is 0 Å². The van der Waals surface area contributed by atoms with Crippen LogP contribution in [-0.4, -0.2) is 4.57 Å². The molecule has 0 aliphatic carbocycles. The Labute approximate surface area is 344 Å². The minimum atomic E-state index is 0.842. The summed E-state index contributed by atoms with van der Waals surface area (Å²) in [6, 6.07) is 73.8. The highest BCUT2D eigenvalue weighted by Gasteiger charge is 2.26. The summed E-state index contributed by atoms with van der Waals surface area (Å²) in [7, 11) is 0. The molecule has 280 valence electrons. The molecule has 0 aliphatic heterocycles. The van der Waals surface area contributed by atoms with Crippen LogP contribution in [0.15, 0.2) is 215 Å². The molecule has 3 heterocycles. The maximum atomic E-state index is 6.83. The molecule has 0 spiro atoms. The number of para-hydroxylation sites is 5. The smallest absolute Gasteiger partial charge is 0.143 e. The second kappa shape index (κ2) is 12.7. The van der Waals surface area contributed by atoms with Gasteiger partial charge in [-0.05, 0) is 83.1 Å². The molecule has 13 rings (SSSR count). The first-order valence-electron chi connectivity index (χ1n) is 20.4. The highest BCUT2D eigenvalue weighted by Crippen LogP contribution is 2.49. The van der Waals surface area contributed by atoms with Gasteiger partial charge < -0.3 is 18.3 Å². The zero-order valence-electron chi connectivity index (χ0n) is 32.3. The van der Waals surface area contributed by atoms with Crippen LogP contribution in [0.25, 0.3) is 104 Å². The molecule has 0 N–H and O–H groups in total. The molecule has 13 aromatic rings. The fraction of sp³-hybridized carbons (Fsp3) is 0. The molecule has 3 aromatic heterocycles. The van der Waals surface area contributed by atoms with Gasteiger partial charge in [0.1, 0.15) is 22.3 Å². The fourth-order valence-electron chi connectivity index (χ4n) is 9.72. The molecule has 0 bridgehead atoms. The molecule has 4 heteroatoms. The molecular weight excluding hydrogens is 733 g/mol. The zero-order valence-corrected chi connectivity index (χ0v) is 32.3. The van der Waals surface area contributed by atoms with Gasteiger partial charge in [0, 0.05) is 43.3 Å². The molecule has 0 radical (unpaired) electrons. The molecule has 0 saturated carbocycles. The highest BCUT2D eigenvalue weighted by atomic mass is 16.3. The third-order valence-corrected chi connectivity index (χ3v) is 12.4. The first-order valence-corrected chi connectivity index (χ1v) is 20.4. The van der Waals surface area contributed by atoms with Crippen LogP contribution in [0.1, 0.15) is 0 Å². The van der Waals surface area contributed by atoms with Gasteiger partial charge >= 0.3 is 0 Å². The number of anilines is 3. The third kappa shape index (κ3) is 4.73. The summed E-state index contributed by atoms with van der Waals surface area (Å²) >= 11 is 0. The fourth-order valence-corrected chi connectivity index (χ4v) is 9.72. The van der Waals surface area contributed by atoms with Gasteiger partial charge in [-0.15, -0.1) is 0 Å². The number of hydrogen-bond donors (Lipinski definition) is 0. The Balaban J connectivity index is 1.12. The molecule has 10 aromatic carbocycles. The number of aromatic nitrogens is 1. The molecule has 0 aliphatic rings. The predicted molar refractivity (Wildman–Crippen MR) is 250 cm³/mol. The molecule has 4 nitrogen and oxygen atoms in total. The Kier molecular flexibility index (Phi) is 6.98. The van der Waals surface area contributed by atoms with Crippen molar-refractivity contribution in [2.24, 2.45) is 0 Å². The van der Waals surface area contributed by atoms with Gasteiger partial charge in [-0.25, -0.2) is 0 Å². The van der Waals surface area contributed by atoms with E-state index in [9.17, 15) is 0 Å². The Morgan fingerprint density at radius 3 is 1.67 bits per heavy atom. The van der Waals surface area contributed by atoms with Crippen molar-refractivity contribution in [2.45, 2.75) is 0 Å². The molecule has 0 atom stereocenters. The standard InChI is InChI=1S/C56H34N2O2/c1-3-17-39-35(14-1)28-31-43-45-34-37(30-33-52(45)59-55(39)43)38-16-5-8-21-46(38)58(51-26-13-27-53-54(51)44-32-29-36-15-2-4-18-40(36)56(44)60-53)50-25-12-11-24-49(50)57-47-22-9-6-19-41(47)42-20-7-10-23-48(42)57/h1-34H. The van der Waals surface area contributed by atoms with Crippen molar-refractivity contribution in [1.82, 2.24) is 4.57 Å². The van der Waals surface area contributed by atoms with Crippen LogP contribution in [0.5, 0.6) is 0 Å². The lowest BCUT2D eigenvalue weighted by Gasteiger charge is -2.30. The third-order valence-electron chi connectivity index (χ3n) is 12.4. The molecule has 60 heavy (non-hydrogen) atoms. The lowest BCUT2D eigenvalue weighted by Crippen LogP contribution is -2.14. The van der Waals surface area contributed by atoms with Crippen LogP contribution in [0, 0.1) is 0 Å². The molecule has 0 fully saturated rings. The average Bonchev–Trinajstić information content (AvgIpc) is 4.00. The average molecular weight is 767 g/mol. The van der Waals surface area contributed by atoms with E-state index in [2.05, 4.69) is 216 Å². The Hall–Kier alpha value is -8.08. The second-order valence-corrected chi connectivity index (χ2v) is 15.6. The van der Waals surface area contributed by atoms with Crippen molar-refractivity contribution in [1.29, 1.82) is 0 Å².